The number of carbonyl (C=O) groups excluding carboxylic acids is 1. The first-order valence-corrected chi connectivity index (χ1v) is 12.7. The van der Waals surface area contributed by atoms with E-state index in [1.807, 2.05) is 29.6 Å². The van der Waals surface area contributed by atoms with Crippen molar-refractivity contribution in [2.24, 2.45) is 0 Å². The summed E-state index contributed by atoms with van der Waals surface area (Å²) in [4.78, 5) is 21.1. The van der Waals surface area contributed by atoms with Crippen molar-refractivity contribution >= 4 is 11.6 Å². The molecule has 8 nitrogen and oxygen atoms in total. The van der Waals surface area contributed by atoms with Crippen LogP contribution in [0.4, 0.5) is 0 Å². The predicted molar refractivity (Wildman–Crippen MR) is 144 cm³/mol. The van der Waals surface area contributed by atoms with Gasteiger partial charge in [0.2, 0.25) is 5.91 Å². The first-order valence-electron chi connectivity index (χ1n) is 12.7. The lowest BCUT2D eigenvalue weighted by Gasteiger charge is -2.28. The number of hydrogen-bond donors (Lipinski definition) is 1. The van der Waals surface area contributed by atoms with Crippen LogP contribution in [-0.2, 0) is 4.79 Å². The number of aromatic amines is 1. The Bertz CT molecular complexity index is 1330. The molecule has 3 heterocycles. The number of rotatable bonds is 9. The molecule has 4 rings (SSSR count). The quantitative estimate of drug-likeness (QED) is 0.356. The lowest BCUT2D eigenvalue weighted by atomic mass is 9.93. The minimum Gasteiger partial charge on any atom is -0.338 e. The zero-order chi connectivity index (χ0) is 26.0. The van der Waals surface area contributed by atoms with Crippen LogP contribution in [0.3, 0.4) is 0 Å². The Morgan fingerprint density at radius 3 is 2.42 bits per heavy atom. The zero-order valence-electron chi connectivity index (χ0n) is 22.4. The molecular weight excluding hydrogens is 450 g/mol. The fraction of sp³-hybridized carbons (Fsp3) is 0.429. The maximum atomic E-state index is 12.8. The standard InChI is InChI=1S/C28H37N7O/c1-8-34(9-2)16-24(36)33(7)20(6)21-10-12-22(13-11-21)26-25(18(3)4)27(32-31-26)23-14-19(5)28-29-17-30-35(28)15-23/h10-15,17-18,20H,8-9,16H2,1-7H3,(H,31,32). The van der Waals surface area contributed by atoms with Gasteiger partial charge in [0.05, 0.1) is 24.0 Å². The van der Waals surface area contributed by atoms with Crippen molar-refractivity contribution in [1.82, 2.24) is 34.6 Å². The number of hydrogen-bond acceptors (Lipinski definition) is 5. The van der Waals surface area contributed by atoms with Gasteiger partial charge in [-0.25, -0.2) is 9.50 Å². The smallest absolute Gasteiger partial charge is 0.236 e. The number of nitrogens with zero attached hydrogens (tertiary/aromatic N) is 6. The monoisotopic (exact) mass is 487 g/mol. The third-order valence-electron chi connectivity index (χ3n) is 7.12. The number of fused-ring (bicyclic) bond motifs is 1. The van der Waals surface area contributed by atoms with E-state index >= 15 is 0 Å². The maximum Gasteiger partial charge on any atom is 0.236 e. The normalized spacial score (nSPS) is 12.6. The molecule has 0 aliphatic rings. The summed E-state index contributed by atoms with van der Waals surface area (Å²) in [6, 6.07) is 10.5. The van der Waals surface area contributed by atoms with E-state index in [4.69, 9.17) is 5.10 Å². The van der Waals surface area contributed by atoms with Crippen LogP contribution in [0, 0.1) is 6.92 Å². The molecule has 0 saturated heterocycles. The second-order valence-electron chi connectivity index (χ2n) is 9.72. The van der Waals surface area contributed by atoms with E-state index in [1.54, 1.807) is 6.33 Å². The summed E-state index contributed by atoms with van der Waals surface area (Å²) in [5.74, 6) is 0.400. The van der Waals surface area contributed by atoms with Crippen LogP contribution in [0.5, 0.6) is 0 Å². The molecule has 1 atom stereocenters. The second kappa shape index (κ2) is 10.6. The molecule has 190 valence electrons. The molecule has 3 aromatic heterocycles. The summed E-state index contributed by atoms with van der Waals surface area (Å²) in [5.41, 5.74) is 8.22. The lowest BCUT2D eigenvalue weighted by Crippen LogP contribution is -2.39. The topological polar surface area (TPSA) is 82.4 Å². The van der Waals surface area contributed by atoms with E-state index in [-0.39, 0.29) is 17.9 Å². The third kappa shape index (κ3) is 4.91. The summed E-state index contributed by atoms with van der Waals surface area (Å²) in [5, 5.41) is 12.3. The number of pyridine rings is 1. The van der Waals surface area contributed by atoms with Crippen LogP contribution in [-0.4, -0.2) is 67.2 Å². The summed E-state index contributed by atoms with van der Waals surface area (Å²) in [7, 11) is 1.88. The Hall–Kier alpha value is -3.52. The number of likely N-dealkylation sites (N-methyl/N-ethyl adjacent to an activating group) is 2. The number of aromatic nitrogens is 5. The van der Waals surface area contributed by atoms with Crippen LogP contribution >= 0.6 is 0 Å². The Kier molecular flexibility index (Phi) is 7.54. The highest BCUT2D eigenvalue weighted by Gasteiger charge is 2.22. The molecule has 1 unspecified atom stereocenters. The Morgan fingerprint density at radius 1 is 1.08 bits per heavy atom. The lowest BCUT2D eigenvalue weighted by molar-refractivity contribution is -0.133. The Balaban J connectivity index is 1.61. The van der Waals surface area contributed by atoms with Gasteiger partial charge in [0.25, 0.3) is 0 Å². The van der Waals surface area contributed by atoms with Crippen molar-refractivity contribution in [3.8, 4) is 22.5 Å². The van der Waals surface area contributed by atoms with Gasteiger partial charge in [-0.1, -0.05) is 52.0 Å². The molecule has 0 aliphatic carbocycles. The van der Waals surface area contributed by atoms with Gasteiger partial charge >= 0.3 is 0 Å². The van der Waals surface area contributed by atoms with Gasteiger partial charge < -0.3 is 4.90 Å². The van der Waals surface area contributed by atoms with Crippen LogP contribution in [0.15, 0.2) is 42.9 Å². The maximum absolute atomic E-state index is 12.8. The van der Waals surface area contributed by atoms with E-state index in [2.05, 4.69) is 85.0 Å². The molecule has 0 aliphatic heterocycles. The van der Waals surface area contributed by atoms with Crippen LogP contribution in [0.2, 0.25) is 0 Å². The van der Waals surface area contributed by atoms with Gasteiger partial charge in [0, 0.05) is 29.9 Å². The molecule has 0 radical (unpaired) electrons. The van der Waals surface area contributed by atoms with E-state index in [0.717, 1.165) is 52.4 Å². The SMILES string of the molecule is CCN(CC)CC(=O)N(C)C(C)c1ccc(-c2n[nH]c(-c3cc(C)c4ncnn4c3)c2C(C)C)cc1. The average molecular weight is 488 g/mol. The molecule has 1 amide bonds. The molecule has 8 heteroatoms. The fourth-order valence-electron chi connectivity index (χ4n) is 4.69. The number of amides is 1. The van der Waals surface area contributed by atoms with Gasteiger partial charge in [-0.15, -0.1) is 0 Å². The predicted octanol–water partition coefficient (Wildman–Crippen LogP) is 5.08. The highest BCUT2D eigenvalue weighted by molar-refractivity contribution is 5.79. The number of H-pyrrole nitrogens is 1. The van der Waals surface area contributed by atoms with Crippen molar-refractivity contribution < 1.29 is 4.79 Å². The van der Waals surface area contributed by atoms with Gasteiger partial charge in [-0.3, -0.25) is 14.8 Å². The molecule has 1 aromatic carbocycles. The van der Waals surface area contributed by atoms with Crippen LogP contribution in [0.25, 0.3) is 28.2 Å². The highest BCUT2D eigenvalue weighted by Crippen LogP contribution is 2.36. The molecule has 0 fully saturated rings. The van der Waals surface area contributed by atoms with Crippen LogP contribution < -0.4 is 0 Å². The van der Waals surface area contributed by atoms with E-state index < -0.39 is 0 Å². The van der Waals surface area contributed by atoms with Crippen molar-refractivity contribution in [1.29, 1.82) is 0 Å². The molecule has 0 bridgehead atoms. The highest BCUT2D eigenvalue weighted by atomic mass is 16.2. The average Bonchev–Trinajstić information content (AvgIpc) is 3.54. The molecule has 0 saturated carbocycles. The van der Waals surface area contributed by atoms with Crippen molar-refractivity contribution in [3.63, 3.8) is 0 Å². The minimum absolute atomic E-state index is 0.0150. The van der Waals surface area contributed by atoms with E-state index in [0.29, 0.717) is 6.54 Å². The van der Waals surface area contributed by atoms with Gasteiger partial charge in [0.1, 0.15) is 6.33 Å². The second-order valence-corrected chi connectivity index (χ2v) is 9.72. The molecule has 36 heavy (non-hydrogen) atoms. The fourth-order valence-corrected chi connectivity index (χ4v) is 4.69. The first kappa shape index (κ1) is 25.6. The zero-order valence-corrected chi connectivity index (χ0v) is 22.4. The molecular formula is C28H37N7O. The van der Waals surface area contributed by atoms with Crippen LogP contribution in [0.1, 0.15) is 63.3 Å². The summed E-state index contributed by atoms with van der Waals surface area (Å²) in [6.45, 7) is 14.8. The van der Waals surface area contributed by atoms with Gasteiger partial charge in [-0.05, 0) is 50.0 Å². The van der Waals surface area contributed by atoms with E-state index in [1.165, 1.54) is 5.56 Å². The number of aryl methyl sites for hydroxylation is 1. The van der Waals surface area contributed by atoms with Crippen molar-refractivity contribution in [2.75, 3.05) is 26.7 Å². The first-order chi connectivity index (χ1) is 17.2. The molecule has 1 N–H and O–H groups in total. The van der Waals surface area contributed by atoms with Crippen molar-refractivity contribution in [2.45, 2.75) is 53.5 Å². The summed E-state index contributed by atoms with van der Waals surface area (Å²) in [6.07, 6.45) is 3.57. The number of carbonyl (C=O) groups is 1. The Labute approximate surface area is 213 Å². The third-order valence-corrected chi connectivity index (χ3v) is 7.12. The Morgan fingerprint density at radius 2 is 1.78 bits per heavy atom. The molecule has 0 spiro atoms. The van der Waals surface area contributed by atoms with Gasteiger partial charge in [-0.2, -0.15) is 10.2 Å². The largest absolute Gasteiger partial charge is 0.338 e. The van der Waals surface area contributed by atoms with E-state index in [9.17, 15) is 4.79 Å². The van der Waals surface area contributed by atoms with Crippen molar-refractivity contribution in [3.05, 3.63) is 59.5 Å². The van der Waals surface area contributed by atoms with Gasteiger partial charge in [0.15, 0.2) is 5.65 Å². The minimum atomic E-state index is -0.0150. The molecule has 4 aromatic rings. The summed E-state index contributed by atoms with van der Waals surface area (Å²) >= 11 is 0. The number of nitrogens with one attached hydrogen (secondary N) is 1. The summed E-state index contributed by atoms with van der Waals surface area (Å²) < 4.78 is 1.81. The number of benzene rings is 1.